The Morgan fingerprint density at radius 3 is 2.76 bits per heavy atom. The van der Waals surface area contributed by atoms with Crippen molar-refractivity contribution in [2.24, 2.45) is 0 Å². The van der Waals surface area contributed by atoms with Gasteiger partial charge in [0, 0.05) is 38.7 Å². The normalized spacial score (nSPS) is 11.3. The van der Waals surface area contributed by atoms with E-state index in [1.165, 1.54) is 6.08 Å². The first-order valence-corrected chi connectivity index (χ1v) is 9.98. The van der Waals surface area contributed by atoms with Crippen LogP contribution in [0.4, 0.5) is 5.69 Å². The van der Waals surface area contributed by atoms with Gasteiger partial charge in [-0.3, -0.25) is 9.78 Å². The predicted octanol–water partition coefficient (Wildman–Crippen LogP) is 6.61. The third-order valence-corrected chi connectivity index (χ3v) is 4.98. The summed E-state index contributed by atoms with van der Waals surface area (Å²) in [6.45, 7) is 0. The van der Waals surface area contributed by atoms with Crippen LogP contribution in [0.5, 0.6) is 0 Å². The fraction of sp³-hybridized carbons (Fsp3) is 0. The number of nitrogens with one attached hydrogen (secondary N) is 1. The Morgan fingerprint density at radius 2 is 1.97 bits per heavy atom. The molecule has 0 radical (unpaired) electrons. The van der Waals surface area contributed by atoms with Gasteiger partial charge in [-0.1, -0.05) is 29.3 Å². The molecule has 0 saturated heterocycles. The smallest absolute Gasteiger partial charge is 0.248 e. The van der Waals surface area contributed by atoms with Crippen molar-refractivity contribution < 1.29 is 9.21 Å². The van der Waals surface area contributed by atoms with E-state index in [-0.39, 0.29) is 5.91 Å². The zero-order chi connectivity index (χ0) is 20.4. The van der Waals surface area contributed by atoms with E-state index in [2.05, 4.69) is 31.2 Å². The van der Waals surface area contributed by atoms with Crippen LogP contribution in [-0.2, 0) is 4.79 Å². The van der Waals surface area contributed by atoms with E-state index in [0.717, 1.165) is 10.0 Å². The van der Waals surface area contributed by atoms with Crippen LogP contribution in [0.2, 0.25) is 10.0 Å². The number of nitrogens with zero attached hydrogens (tertiary/aromatic N) is 2. The second-order valence-electron chi connectivity index (χ2n) is 6.08. The molecule has 0 aliphatic carbocycles. The first kappa shape index (κ1) is 19.6. The SMILES string of the molecule is O=C(/C=C/c1ccc(Cl)cc1Cl)Nc1ccc2oc(-c3cncc(Br)c3)nc2c1. The number of benzene rings is 2. The minimum absolute atomic E-state index is 0.296. The van der Waals surface area contributed by atoms with E-state index in [0.29, 0.717) is 38.3 Å². The molecule has 0 fully saturated rings. The molecule has 0 aliphatic rings. The quantitative estimate of drug-likeness (QED) is 0.328. The molecule has 29 heavy (non-hydrogen) atoms. The lowest BCUT2D eigenvalue weighted by molar-refractivity contribution is -0.111. The van der Waals surface area contributed by atoms with Crippen molar-refractivity contribution in [1.29, 1.82) is 0 Å². The molecule has 2 aromatic carbocycles. The molecule has 144 valence electrons. The Morgan fingerprint density at radius 1 is 1.10 bits per heavy atom. The molecule has 0 aliphatic heterocycles. The number of hydrogen-bond acceptors (Lipinski definition) is 4. The van der Waals surface area contributed by atoms with E-state index < -0.39 is 0 Å². The van der Waals surface area contributed by atoms with Crippen LogP contribution < -0.4 is 5.32 Å². The number of anilines is 1. The first-order chi connectivity index (χ1) is 14.0. The number of carbonyl (C=O) groups excluding carboxylic acids is 1. The highest BCUT2D eigenvalue weighted by atomic mass is 79.9. The number of amides is 1. The van der Waals surface area contributed by atoms with E-state index in [9.17, 15) is 4.79 Å². The van der Waals surface area contributed by atoms with Crippen molar-refractivity contribution in [3.8, 4) is 11.5 Å². The van der Waals surface area contributed by atoms with Crippen molar-refractivity contribution in [2.45, 2.75) is 0 Å². The summed E-state index contributed by atoms with van der Waals surface area (Å²) in [4.78, 5) is 20.8. The van der Waals surface area contributed by atoms with Crippen LogP contribution in [0, 0.1) is 0 Å². The van der Waals surface area contributed by atoms with Crippen LogP contribution in [0.3, 0.4) is 0 Å². The molecule has 0 saturated carbocycles. The van der Waals surface area contributed by atoms with E-state index in [1.807, 2.05) is 6.07 Å². The summed E-state index contributed by atoms with van der Waals surface area (Å²) in [6, 6.07) is 12.2. The van der Waals surface area contributed by atoms with Gasteiger partial charge in [-0.2, -0.15) is 0 Å². The van der Waals surface area contributed by atoms with Gasteiger partial charge < -0.3 is 9.73 Å². The lowest BCUT2D eigenvalue weighted by Crippen LogP contribution is -2.07. The maximum atomic E-state index is 12.2. The molecule has 5 nitrogen and oxygen atoms in total. The zero-order valence-electron chi connectivity index (χ0n) is 14.7. The molecule has 4 aromatic rings. The average Bonchev–Trinajstić information content (AvgIpc) is 3.11. The largest absolute Gasteiger partial charge is 0.436 e. The number of hydrogen-bond donors (Lipinski definition) is 1. The lowest BCUT2D eigenvalue weighted by Gasteiger charge is -2.02. The molecule has 4 rings (SSSR count). The average molecular weight is 489 g/mol. The minimum atomic E-state index is -0.296. The van der Waals surface area contributed by atoms with Gasteiger partial charge in [0.1, 0.15) is 5.52 Å². The van der Waals surface area contributed by atoms with Crippen molar-refractivity contribution in [1.82, 2.24) is 9.97 Å². The van der Waals surface area contributed by atoms with E-state index in [1.54, 1.807) is 54.9 Å². The molecule has 0 atom stereocenters. The van der Waals surface area contributed by atoms with Crippen LogP contribution >= 0.6 is 39.1 Å². The van der Waals surface area contributed by atoms with Crippen LogP contribution in [0.1, 0.15) is 5.56 Å². The topological polar surface area (TPSA) is 68.0 Å². The number of carbonyl (C=O) groups is 1. The summed E-state index contributed by atoms with van der Waals surface area (Å²) in [7, 11) is 0. The number of rotatable bonds is 4. The molecule has 1 N–H and O–H groups in total. The van der Waals surface area contributed by atoms with Crippen molar-refractivity contribution in [3.63, 3.8) is 0 Å². The van der Waals surface area contributed by atoms with Gasteiger partial charge in [0.2, 0.25) is 11.8 Å². The van der Waals surface area contributed by atoms with Crippen LogP contribution in [-0.4, -0.2) is 15.9 Å². The Labute approximate surface area is 184 Å². The summed E-state index contributed by atoms with van der Waals surface area (Å²) >= 11 is 15.4. The first-order valence-electron chi connectivity index (χ1n) is 8.43. The summed E-state index contributed by atoms with van der Waals surface area (Å²) in [5.41, 5.74) is 3.29. The van der Waals surface area contributed by atoms with Gasteiger partial charge in [-0.25, -0.2) is 4.98 Å². The fourth-order valence-corrected chi connectivity index (χ4v) is 3.48. The standard InChI is InChI=1S/C21H12BrCl2N3O2/c22-14-7-13(10-25-11-14)21-27-18-9-16(4-5-19(18)29-21)26-20(28)6-2-12-1-3-15(23)8-17(12)24/h1-11H,(H,26,28)/b6-2+. The number of oxazole rings is 1. The van der Waals surface area contributed by atoms with Gasteiger partial charge in [-0.15, -0.1) is 0 Å². The lowest BCUT2D eigenvalue weighted by atomic mass is 10.2. The highest BCUT2D eigenvalue weighted by Gasteiger charge is 2.10. The minimum Gasteiger partial charge on any atom is -0.436 e. The maximum Gasteiger partial charge on any atom is 0.248 e. The van der Waals surface area contributed by atoms with Crippen LogP contribution in [0.25, 0.3) is 28.6 Å². The summed E-state index contributed by atoms with van der Waals surface area (Å²) in [5, 5.41) is 3.81. The fourth-order valence-electron chi connectivity index (χ4n) is 2.64. The molecule has 0 spiro atoms. The predicted molar refractivity (Wildman–Crippen MR) is 119 cm³/mol. The Kier molecular flexibility index (Phi) is 5.67. The second kappa shape index (κ2) is 8.37. The van der Waals surface area contributed by atoms with Gasteiger partial charge in [0.15, 0.2) is 5.58 Å². The van der Waals surface area contributed by atoms with E-state index >= 15 is 0 Å². The van der Waals surface area contributed by atoms with Gasteiger partial charge in [0.05, 0.1) is 5.56 Å². The van der Waals surface area contributed by atoms with E-state index in [4.69, 9.17) is 27.6 Å². The highest BCUT2D eigenvalue weighted by molar-refractivity contribution is 9.10. The summed E-state index contributed by atoms with van der Waals surface area (Å²) < 4.78 is 6.60. The summed E-state index contributed by atoms with van der Waals surface area (Å²) in [6.07, 6.45) is 6.39. The molecular formula is C21H12BrCl2N3O2. The molecule has 2 aromatic heterocycles. The third kappa shape index (κ3) is 4.67. The molecule has 1 amide bonds. The van der Waals surface area contributed by atoms with Gasteiger partial charge in [0.25, 0.3) is 0 Å². The summed E-state index contributed by atoms with van der Waals surface area (Å²) in [5.74, 6) is 0.157. The van der Waals surface area contributed by atoms with Gasteiger partial charge >= 0.3 is 0 Å². The Bertz CT molecular complexity index is 1250. The second-order valence-corrected chi connectivity index (χ2v) is 7.84. The van der Waals surface area contributed by atoms with Crippen molar-refractivity contribution in [3.05, 3.63) is 81.0 Å². The maximum absolute atomic E-state index is 12.2. The monoisotopic (exact) mass is 487 g/mol. The molecule has 8 heteroatoms. The van der Waals surface area contributed by atoms with Gasteiger partial charge in [-0.05, 0) is 64.0 Å². The number of pyridine rings is 1. The molecule has 0 unspecified atom stereocenters. The number of fused-ring (bicyclic) bond motifs is 1. The zero-order valence-corrected chi connectivity index (χ0v) is 17.8. The highest BCUT2D eigenvalue weighted by Crippen LogP contribution is 2.27. The Balaban J connectivity index is 1.52. The van der Waals surface area contributed by atoms with Crippen molar-refractivity contribution in [2.75, 3.05) is 5.32 Å². The number of halogens is 3. The molecule has 0 bridgehead atoms. The van der Waals surface area contributed by atoms with Crippen LogP contribution in [0.15, 0.2) is 69.8 Å². The third-order valence-electron chi connectivity index (χ3n) is 3.98. The Hall–Kier alpha value is -2.67. The molecular weight excluding hydrogens is 477 g/mol. The van der Waals surface area contributed by atoms with Crippen molar-refractivity contribution >= 4 is 67.9 Å². The number of aromatic nitrogens is 2. The molecule has 2 heterocycles.